The number of allylic oxidation sites excluding steroid dienone is 1. The maximum absolute atomic E-state index is 12.5. The van der Waals surface area contributed by atoms with Crippen LogP contribution in [0.2, 0.25) is 0 Å². The van der Waals surface area contributed by atoms with Gasteiger partial charge in [0.15, 0.2) is 0 Å². The number of halogens is 1. The number of azo groups is 1. The lowest BCUT2D eigenvalue weighted by molar-refractivity contribution is -0.0161. The van der Waals surface area contributed by atoms with Crippen LogP contribution < -0.4 is 15.0 Å². The van der Waals surface area contributed by atoms with Gasteiger partial charge in [0.1, 0.15) is 0 Å². The smallest absolute Gasteiger partial charge is 0.232 e. The molecule has 0 unspecified atom stereocenters. The third-order valence-corrected chi connectivity index (χ3v) is 7.07. The Morgan fingerprint density at radius 2 is 2.00 bits per heavy atom. The molecule has 1 aromatic rings. The molecule has 0 radical (unpaired) electrons. The molecule has 0 saturated heterocycles. The van der Waals surface area contributed by atoms with Gasteiger partial charge in [-0.25, -0.2) is 8.42 Å². The highest BCUT2D eigenvalue weighted by molar-refractivity contribution is 7.92. The van der Waals surface area contributed by atoms with E-state index in [1.54, 1.807) is 12.2 Å². The van der Waals surface area contributed by atoms with Crippen molar-refractivity contribution >= 4 is 39.1 Å². The van der Waals surface area contributed by atoms with Crippen LogP contribution in [0.4, 0.5) is 5.69 Å². The molecular formula is C20H27ClN4O3S. The average Bonchev–Trinajstić information content (AvgIpc) is 2.89. The second-order valence-corrected chi connectivity index (χ2v) is 10.6. The van der Waals surface area contributed by atoms with Crippen molar-refractivity contribution in [3.05, 3.63) is 27.4 Å². The quantitative estimate of drug-likeness (QED) is 0.784. The Morgan fingerprint density at radius 3 is 2.66 bits per heavy atom. The summed E-state index contributed by atoms with van der Waals surface area (Å²) < 4.78 is 32.3. The zero-order valence-corrected chi connectivity index (χ0v) is 18.6. The van der Waals surface area contributed by atoms with E-state index in [1.807, 2.05) is 0 Å². The van der Waals surface area contributed by atoms with Crippen molar-refractivity contribution in [2.75, 3.05) is 17.1 Å². The normalized spacial score (nSPS) is 24.7. The van der Waals surface area contributed by atoms with Crippen molar-refractivity contribution < 1.29 is 13.2 Å². The topological polar surface area (TPSA) is 87.1 Å². The molecule has 0 spiro atoms. The number of hydrogen-bond acceptors (Lipinski definition) is 5. The Morgan fingerprint density at radius 1 is 1.28 bits per heavy atom. The number of nitrogens with one attached hydrogen (secondary N) is 1. The summed E-state index contributed by atoms with van der Waals surface area (Å²) in [6.45, 7) is 4.69. The van der Waals surface area contributed by atoms with Gasteiger partial charge in [-0.2, -0.15) is 10.2 Å². The van der Waals surface area contributed by atoms with Gasteiger partial charge in [-0.15, -0.1) is 0 Å². The zero-order chi connectivity index (χ0) is 20.8. The number of sulfonamides is 1. The van der Waals surface area contributed by atoms with E-state index >= 15 is 0 Å². The van der Waals surface area contributed by atoms with Gasteiger partial charge in [-0.05, 0) is 51.7 Å². The molecule has 1 fully saturated rings. The summed E-state index contributed by atoms with van der Waals surface area (Å²) in [5.74, 6) is 0.282. The Kier molecular flexibility index (Phi) is 5.61. The van der Waals surface area contributed by atoms with E-state index in [4.69, 9.17) is 16.3 Å². The van der Waals surface area contributed by atoms with Crippen LogP contribution in [0.1, 0.15) is 45.1 Å². The van der Waals surface area contributed by atoms with Crippen LogP contribution in [0.3, 0.4) is 0 Å². The molecule has 0 atom stereocenters. The Hall–Kier alpha value is -1.64. The van der Waals surface area contributed by atoms with Crippen molar-refractivity contribution in [2.24, 2.45) is 16.1 Å². The van der Waals surface area contributed by atoms with Gasteiger partial charge < -0.3 is 9.72 Å². The number of anilines is 1. The van der Waals surface area contributed by atoms with Gasteiger partial charge in [-0.3, -0.25) is 4.31 Å². The predicted molar refractivity (Wildman–Crippen MR) is 115 cm³/mol. The first-order chi connectivity index (χ1) is 13.7. The second kappa shape index (κ2) is 7.89. The first-order valence-electron chi connectivity index (χ1n) is 10.1. The number of H-pyrrole nitrogens is 1. The summed E-state index contributed by atoms with van der Waals surface area (Å²) in [6.07, 6.45) is 9.18. The number of rotatable bonds is 4. The molecule has 0 bridgehead atoms. The zero-order valence-electron chi connectivity index (χ0n) is 17.0. The van der Waals surface area contributed by atoms with Crippen LogP contribution in [0.25, 0.3) is 11.8 Å². The second-order valence-electron chi connectivity index (χ2n) is 8.21. The lowest BCUT2D eigenvalue weighted by Crippen LogP contribution is -2.33. The fourth-order valence-corrected chi connectivity index (χ4v) is 5.51. The van der Waals surface area contributed by atoms with Crippen LogP contribution in [0.15, 0.2) is 21.3 Å². The highest BCUT2D eigenvalue weighted by Crippen LogP contribution is 2.34. The number of aromatic amines is 1. The van der Waals surface area contributed by atoms with Crippen LogP contribution >= 0.6 is 11.6 Å². The van der Waals surface area contributed by atoms with Crippen LogP contribution in [-0.2, 0) is 21.3 Å². The lowest BCUT2D eigenvalue weighted by Gasteiger charge is -2.30. The lowest BCUT2D eigenvalue weighted by atomic mass is 9.84. The Labute approximate surface area is 176 Å². The molecule has 1 aromatic heterocycles. The number of nitrogens with zero attached hydrogens (tertiary/aromatic N) is 3. The van der Waals surface area contributed by atoms with E-state index in [0.29, 0.717) is 28.7 Å². The first-order valence-corrected chi connectivity index (χ1v) is 12.3. The van der Waals surface area contributed by atoms with Gasteiger partial charge >= 0.3 is 0 Å². The summed E-state index contributed by atoms with van der Waals surface area (Å²) >= 11 is 6.27. The molecule has 3 heterocycles. The molecule has 1 N–H and O–H groups in total. The van der Waals surface area contributed by atoms with Crippen LogP contribution in [0, 0.1) is 5.92 Å². The fraction of sp³-hybridized carbons (Fsp3) is 0.600. The molecule has 1 saturated carbocycles. The third-order valence-electron chi connectivity index (χ3n) is 5.68. The average molecular weight is 439 g/mol. The molecule has 2 aliphatic heterocycles. The first kappa shape index (κ1) is 20.6. The predicted octanol–water partition coefficient (Wildman–Crippen LogP) is 2.76. The summed E-state index contributed by atoms with van der Waals surface area (Å²) in [4.78, 5) is 3.41. The minimum atomic E-state index is -3.46. The van der Waals surface area contributed by atoms with E-state index in [1.165, 1.54) is 10.6 Å². The Bertz CT molecular complexity index is 1080. The van der Waals surface area contributed by atoms with Crippen molar-refractivity contribution in [1.82, 2.24) is 4.98 Å². The third kappa shape index (κ3) is 4.15. The summed E-state index contributed by atoms with van der Waals surface area (Å²) in [5.41, 5.74) is 2.44. The van der Waals surface area contributed by atoms with E-state index in [0.717, 1.165) is 42.3 Å². The number of hydrogen-bond donors (Lipinski definition) is 1. The van der Waals surface area contributed by atoms with Crippen molar-refractivity contribution in [3.63, 3.8) is 0 Å². The van der Waals surface area contributed by atoms with E-state index < -0.39 is 10.0 Å². The fourth-order valence-electron chi connectivity index (χ4n) is 4.45. The van der Waals surface area contributed by atoms with Crippen LogP contribution in [0.5, 0.6) is 0 Å². The molecular weight excluding hydrogens is 412 g/mol. The SMILES string of the molecule is CC(C)OC1CCC(C2=c3[nH]c4c(c3CN=N2)N(S(C)(=O)=O)CC=C(Cl)C=4)CC1. The van der Waals surface area contributed by atoms with Crippen molar-refractivity contribution in [1.29, 1.82) is 0 Å². The molecule has 1 aliphatic carbocycles. The van der Waals surface area contributed by atoms with Crippen molar-refractivity contribution in [3.8, 4) is 0 Å². The summed E-state index contributed by atoms with van der Waals surface area (Å²) in [5, 5.41) is 10.9. The standard InChI is InChI=1S/C20H27ClN4O3S/c1-12(2)28-15-6-4-13(5-7-15)18-19-16(11-22-24-18)20-17(23-19)10-14(21)8-9-25(20)29(3,26)27/h8,10,12-13,15,23H,4-7,9,11H2,1-3H3. The van der Waals surface area contributed by atoms with Crippen molar-refractivity contribution in [2.45, 2.75) is 58.3 Å². The molecule has 0 amide bonds. The molecule has 7 nitrogen and oxygen atoms in total. The maximum Gasteiger partial charge on any atom is 0.232 e. The maximum atomic E-state index is 12.5. The molecule has 158 valence electrons. The summed E-state index contributed by atoms with van der Waals surface area (Å²) in [6, 6.07) is 0. The largest absolute Gasteiger partial charge is 0.376 e. The molecule has 9 heteroatoms. The van der Waals surface area contributed by atoms with Gasteiger partial charge in [0, 0.05) is 16.5 Å². The molecule has 0 aromatic carbocycles. The molecule has 4 rings (SSSR count). The van der Waals surface area contributed by atoms with Gasteiger partial charge in [0.2, 0.25) is 10.0 Å². The minimum Gasteiger partial charge on any atom is -0.376 e. The van der Waals surface area contributed by atoms with E-state index in [2.05, 4.69) is 29.1 Å². The number of fused-ring (bicyclic) bond motifs is 3. The Balaban J connectivity index is 1.77. The minimum absolute atomic E-state index is 0.204. The van der Waals surface area contributed by atoms with Gasteiger partial charge in [0.05, 0.1) is 53.6 Å². The molecule has 3 aliphatic rings. The monoisotopic (exact) mass is 438 g/mol. The number of ether oxygens (including phenoxy) is 1. The molecule has 29 heavy (non-hydrogen) atoms. The summed E-state index contributed by atoms with van der Waals surface area (Å²) in [7, 11) is -3.46. The highest BCUT2D eigenvalue weighted by Gasteiger charge is 2.31. The van der Waals surface area contributed by atoms with Gasteiger partial charge in [0.25, 0.3) is 0 Å². The highest BCUT2D eigenvalue weighted by atomic mass is 35.5. The van der Waals surface area contributed by atoms with Gasteiger partial charge in [-0.1, -0.05) is 11.6 Å². The van der Waals surface area contributed by atoms with E-state index in [9.17, 15) is 8.42 Å². The number of aromatic nitrogens is 1. The van der Waals surface area contributed by atoms with E-state index in [-0.39, 0.29) is 18.6 Å². The van der Waals surface area contributed by atoms with Crippen LogP contribution in [-0.4, -0.2) is 38.4 Å².